The molecule has 1 aliphatic carbocycles. The molecule has 0 spiro atoms. The van der Waals surface area contributed by atoms with E-state index in [0.717, 1.165) is 44.3 Å². The molecule has 2 aromatic carbocycles. The molecule has 3 N–H and O–H groups in total. The molecule has 1 atom stereocenters. The fourth-order valence-corrected chi connectivity index (χ4v) is 4.04. The Balaban J connectivity index is 1.48. The minimum Gasteiger partial charge on any atom is -0.493 e. The SMILES string of the molecule is COc1ccc(CNC2CCC(O)CC2)cc1OC[C@H](O)CN(C)Cc1ccccc1. The Kier molecular flexibility index (Phi) is 9.15. The van der Waals surface area contributed by atoms with Crippen molar-refractivity contribution in [3.05, 3.63) is 59.7 Å². The van der Waals surface area contributed by atoms with Gasteiger partial charge in [-0.15, -0.1) is 0 Å². The van der Waals surface area contributed by atoms with E-state index in [1.54, 1.807) is 7.11 Å². The Bertz CT molecular complexity index is 778. The highest BCUT2D eigenvalue weighted by atomic mass is 16.5. The van der Waals surface area contributed by atoms with Crippen LogP contribution in [0.2, 0.25) is 0 Å². The van der Waals surface area contributed by atoms with Gasteiger partial charge in [-0.3, -0.25) is 4.90 Å². The fraction of sp³-hybridized carbons (Fsp3) is 0.520. The molecule has 1 aliphatic rings. The van der Waals surface area contributed by atoms with Crippen LogP contribution in [0.3, 0.4) is 0 Å². The number of benzene rings is 2. The zero-order chi connectivity index (χ0) is 22.1. The first-order valence-electron chi connectivity index (χ1n) is 11.1. The number of hydrogen-bond acceptors (Lipinski definition) is 6. The number of methoxy groups -OCH3 is 1. The van der Waals surface area contributed by atoms with E-state index < -0.39 is 6.10 Å². The van der Waals surface area contributed by atoms with Gasteiger partial charge in [0.1, 0.15) is 12.7 Å². The molecule has 170 valence electrons. The van der Waals surface area contributed by atoms with Crippen molar-refractivity contribution in [1.29, 1.82) is 0 Å². The number of aliphatic hydroxyl groups is 2. The molecule has 0 bridgehead atoms. The highest BCUT2D eigenvalue weighted by Gasteiger charge is 2.19. The first-order chi connectivity index (χ1) is 15.0. The van der Waals surface area contributed by atoms with Gasteiger partial charge in [0, 0.05) is 25.7 Å². The summed E-state index contributed by atoms with van der Waals surface area (Å²) in [5.74, 6) is 1.31. The third-order valence-corrected chi connectivity index (χ3v) is 5.77. The quantitative estimate of drug-likeness (QED) is 0.511. The summed E-state index contributed by atoms with van der Waals surface area (Å²) < 4.78 is 11.4. The summed E-state index contributed by atoms with van der Waals surface area (Å²) in [6.07, 6.45) is 2.99. The smallest absolute Gasteiger partial charge is 0.161 e. The summed E-state index contributed by atoms with van der Waals surface area (Å²) in [5, 5.41) is 23.7. The number of likely N-dealkylation sites (N-methyl/N-ethyl adjacent to an activating group) is 1. The van der Waals surface area contributed by atoms with Crippen LogP contribution in [-0.4, -0.2) is 60.7 Å². The van der Waals surface area contributed by atoms with Gasteiger partial charge in [0.05, 0.1) is 13.2 Å². The van der Waals surface area contributed by atoms with Gasteiger partial charge in [0.15, 0.2) is 11.5 Å². The van der Waals surface area contributed by atoms with Crippen LogP contribution in [0.1, 0.15) is 36.8 Å². The molecule has 6 nitrogen and oxygen atoms in total. The lowest BCUT2D eigenvalue weighted by Gasteiger charge is -2.26. The van der Waals surface area contributed by atoms with E-state index in [0.29, 0.717) is 24.1 Å². The Hall–Kier alpha value is -2.12. The van der Waals surface area contributed by atoms with Crippen molar-refractivity contribution < 1.29 is 19.7 Å². The van der Waals surface area contributed by atoms with Gasteiger partial charge in [0.25, 0.3) is 0 Å². The first kappa shape index (κ1) is 23.5. The van der Waals surface area contributed by atoms with Gasteiger partial charge < -0.3 is 25.0 Å². The maximum atomic E-state index is 10.4. The monoisotopic (exact) mass is 428 g/mol. The van der Waals surface area contributed by atoms with Crippen LogP contribution in [0.25, 0.3) is 0 Å². The van der Waals surface area contributed by atoms with Gasteiger partial charge in [-0.1, -0.05) is 36.4 Å². The van der Waals surface area contributed by atoms with Crippen molar-refractivity contribution >= 4 is 0 Å². The Morgan fingerprint density at radius 2 is 1.77 bits per heavy atom. The molecule has 3 rings (SSSR count). The van der Waals surface area contributed by atoms with Crippen molar-refractivity contribution in [3.63, 3.8) is 0 Å². The number of ether oxygens (including phenoxy) is 2. The number of aliphatic hydroxyl groups excluding tert-OH is 2. The van der Waals surface area contributed by atoms with E-state index in [1.807, 2.05) is 43.4 Å². The maximum absolute atomic E-state index is 10.4. The van der Waals surface area contributed by atoms with Crippen LogP contribution < -0.4 is 14.8 Å². The predicted octanol–water partition coefficient (Wildman–Crippen LogP) is 2.96. The molecule has 0 aromatic heterocycles. The van der Waals surface area contributed by atoms with Crippen LogP contribution in [0, 0.1) is 0 Å². The van der Waals surface area contributed by atoms with Crippen molar-refractivity contribution in [2.24, 2.45) is 0 Å². The van der Waals surface area contributed by atoms with E-state index in [9.17, 15) is 10.2 Å². The number of rotatable bonds is 11. The molecule has 6 heteroatoms. The van der Waals surface area contributed by atoms with Gasteiger partial charge in [-0.25, -0.2) is 0 Å². The van der Waals surface area contributed by atoms with Crippen molar-refractivity contribution in [2.45, 2.75) is 57.0 Å². The first-order valence-corrected chi connectivity index (χ1v) is 11.1. The largest absolute Gasteiger partial charge is 0.493 e. The van der Waals surface area contributed by atoms with E-state index in [4.69, 9.17) is 9.47 Å². The number of nitrogens with one attached hydrogen (secondary N) is 1. The van der Waals surface area contributed by atoms with E-state index in [2.05, 4.69) is 22.3 Å². The standard InChI is InChI=1S/C25H36N2O4/c1-27(16-19-6-4-3-5-7-19)17-23(29)18-31-25-14-20(8-13-24(25)30-2)15-26-21-9-11-22(28)12-10-21/h3-8,13-14,21-23,26,28-29H,9-12,15-18H2,1-2H3/t21?,22?,23-/m1/s1. The Labute approximate surface area is 185 Å². The van der Waals surface area contributed by atoms with Crippen LogP contribution in [0.15, 0.2) is 48.5 Å². The molecule has 31 heavy (non-hydrogen) atoms. The van der Waals surface area contributed by atoms with Crippen LogP contribution >= 0.6 is 0 Å². The average Bonchev–Trinajstić information content (AvgIpc) is 2.78. The second kappa shape index (κ2) is 12.1. The Morgan fingerprint density at radius 3 is 2.48 bits per heavy atom. The van der Waals surface area contributed by atoms with Crippen LogP contribution in [-0.2, 0) is 13.1 Å². The summed E-state index contributed by atoms with van der Waals surface area (Å²) >= 11 is 0. The van der Waals surface area contributed by atoms with Crippen molar-refractivity contribution in [2.75, 3.05) is 27.3 Å². The second-order valence-corrected chi connectivity index (χ2v) is 8.52. The molecule has 0 heterocycles. The Morgan fingerprint density at radius 1 is 1.03 bits per heavy atom. The van der Waals surface area contributed by atoms with Gasteiger partial charge in [0.2, 0.25) is 0 Å². The molecule has 0 unspecified atom stereocenters. The topological polar surface area (TPSA) is 74.2 Å². The van der Waals surface area contributed by atoms with E-state index in [1.165, 1.54) is 5.56 Å². The molecule has 0 amide bonds. The van der Waals surface area contributed by atoms with Crippen LogP contribution in [0.5, 0.6) is 11.5 Å². The predicted molar refractivity (Wildman–Crippen MR) is 122 cm³/mol. The molecular formula is C25H36N2O4. The summed E-state index contributed by atoms with van der Waals surface area (Å²) in [5.41, 5.74) is 2.32. The summed E-state index contributed by atoms with van der Waals surface area (Å²) in [7, 11) is 3.62. The third-order valence-electron chi connectivity index (χ3n) is 5.77. The normalized spacial score (nSPS) is 19.9. The summed E-state index contributed by atoms with van der Waals surface area (Å²) in [4.78, 5) is 2.09. The molecule has 0 saturated heterocycles. The lowest BCUT2D eigenvalue weighted by Crippen LogP contribution is -2.34. The maximum Gasteiger partial charge on any atom is 0.161 e. The zero-order valence-corrected chi connectivity index (χ0v) is 18.7. The minimum atomic E-state index is -0.603. The summed E-state index contributed by atoms with van der Waals surface area (Å²) in [6.45, 7) is 2.24. The third kappa shape index (κ3) is 7.82. The van der Waals surface area contributed by atoms with Gasteiger partial charge in [-0.2, -0.15) is 0 Å². The second-order valence-electron chi connectivity index (χ2n) is 8.52. The fourth-order valence-electron chi connectivity index (χ4n) is 4.04. The number of hydrogen-bond donors (Lipinski definition) is 3. The summed E-state index contributed by atoms with van der Waals surface area (Å²) in [6, 6.07) is 16.6. The highest BCUT2D eigenvalue weighted by Crippen LogP contribution is 2.28. The molecule has 0 aliphatic heterocycles. The van der Waals surface area contributed by atoms with Gasteiger partial charge in [-0.05, 0) is 56.0 Å². The highest BCUT2D eigenvalue weighted by molar-refractivity contribution is 5.43. The molecule has 1 saturated carbocycles. The van der Waals surface area contributed by atoms with Crippen molar-refractivity contribution in [1.82, 2.24) is 10.2 Å². The zero-order valence-electron chi connectivity index (χ0n) is 18.7. The minimum absolute atomic E-state index is 0.141. The molecule has 0 radical (unpaired) electrons. The van der Waals surface area contributed by atoms with Crippen molar-refractivity contribution in [3.8, 4) is 11.5 Å². The average molecular weight is 429 g/mol. The molecular weight excluding hydrogens is 392 g/mol. The van der Waals surface area contributed by atoms with Crippen LogP contribution in [0.4, 0.5) is 0 Å². The lowest BCUT2D eigenvalue weighted by atomic mass is 9.93. The molecule has 2 aromatic rings. The molecule has 1 fully saturated rings. The number of nitrogens with zero attached hydrogens (tertiary/aromatic N) is 1. The lowest BCUT2D eigenvalue weighted by molar-refractivity contribution is 0.0732. The van der Waals surface area contributed by atoms with E-state index >= 15 is 0 Å². The van der Waals surface area contributed by atoms with Gasteiger partial charge >= 0.3 is 0 Å². The van der Waals surface area contributed by atoms with E-state index in [-0.39, 0.29) is 12.7 Å².